The molecule has 3 aromatic carbocycles. The summed E-state index contributed by atoms with van der Waals surface area (Å²) in [5.74, 6) is -0.260. The van der Waals surface area contributed by atoms with E-state index in [1.165, 1.54) is 22.5 Å². The number of esters is 1. The number of hydrogen-bond donors (Lipinski definition) is 2. The second kappa shape index (κ2) is 12.0. The first-order valence-electron chi connectivity index (χ1n) is 11.6. The van der Waals surface area contributed by atoms with Crippen LogP contribution in [0.4, 0.5) is 11.4 Å². The van der Waals surface area contributed by atoms with Crippen LogP contribution in [0.3, 0.4) is 0 Å². The summed E-state index contributed by atoms with van der Waals surface area (Å²) in [5, 5.41) is 14.1. The van der Waals surface area contributed by atoms with Crippen LogP contribution in [0, 0.1) is 0 Å². The number of thiophene rings is 1. The normalized spacial score (nSPS) is 11.1. The highest BCUT2D eigenvalue weighted by Crippen LogP contribution is 2.40. The van der Waals surface area contributed by atoms with Crippen molar-refractivity contribution < 1.29 is 14.6 Å². The molecule has 1 aromatic heterocycles. The molecule has 0 radical (unpaired) electrons. The first kappa shape index (κ1) is 24.2. The Bertz CT molecular complexity index is 1220. The quantitative estimate of drug-likeness (QED) is 0.187. The third-order valence-electron chi connectivity index (χ3n) is 5.57. The van der Waals surface area contributed by atoms with E-state index in [1.807, 2.05) is 42.5 Å². The number of benzene rings is 3. The molecule has 0 spiro atoms. The van der Waals surface area contributed by atoms with Crippen LogP contribution in [-0.2, 0) is 4.74 Å². The van der Waals surface area contributed by atoms with Crippen molar-refractivity contribution in [2.75, 3.05) is 18.5 Å². The molecule has 4 rings (SSSR count). The summed E-state index contributed by atoms with van der Waals surface area (Å²) in [4.78, 5) is 18.0. The van der Waals surface area contributed by atoms with Gasteiger partial charge in [-0.15, -0.1) is 11.3 Å². The van der Waals surface area contributed by atoms with Gasteiger partial charge in [-0.3, -0.25) is 4.99 Å². The van der Waals surface area contributed by atoms with E-state index in [9.17, 15) is 9.90 Å². The van der Waals surface area contributed by atoms with E-state index in [2.05, 4.69) is 58.8 Å². The highest BCUT2D eigenvalue weighted by atomic mass is 32.1. The zero-order valence-electron chi connectivity index (χ0n) is 19.6. The fourth-order valence-electron chi connectivity index (χ4n) is 3.90. The maximum atomic E-state index is 12.5. The maximum Gasteiger partial charge on any atom is 0.350 e. The molecule has 35 heavy (non-hydrogen) atoms. The fourth-order valence-corrected chi connectivity index (χ4v) is 4.84. The van der Waals surface area contributed by atoms with Crippen LogP contribution in [0.2, 0.25) is 0 Å². The number of rotatable bonds is 10. The SMILES string of the molecule is CCOC(=O)c1sc(C=NCCC(c2ccccc2)c2ccccc2)c(O)c1Nc1ccccc1. The molecule has 0 atom stereocenters. The minimum Gasteiger partial charge on any atom is -0.504 e. The summed E-state index contributed by atoms with van der Waals surface area (Å²) in [6.45, 7) is 2.59. The van der Waals surface area contributed by atoms with Gasteiger partial charge in [-0.1, -0.05) is 78.9 Å². The molecule has 0 bridgehead atoms. The first-order chi connectivity index (χ1) is 17.2. The summed E-state index contributed by atoms with van der Waals surface area (Å²) in [5.41, 5.74) is 3.59. The van der Waals surface area contributed by atoms with E-state index in [0.29, 0.717) is 22.0 Å². The number of aliphatic imine (C=N–C) groups is 1. The van der Waals surface area contributed by atoms with Gasteiger partial charge in [-0.25, -0.2) is 4.79 Å². The monoisotopic (exact) mass is 484 g/mol. The lowest BCUT2D eigenvalue weighted by Crippen LogP contribution is -2.05. The van der Waals surface area contributed by atoms with Crippen molar-refractivity contribution in [1.82, 2.24) is 0 Å². The summed E-state index contributed by atoms with van der Waals surface area (Å²) >= 11 is 1.17. The Morgan fingerprint density at radius 3 is 2.11 bits per heavy atom. The van der Waals surface area contributed by atoms with Crippen molar-refractivity contribution in [3.05, 3.63) is 112 Å². The average molecular weight is 485 g/mol. The van der Waals surface area contributed by atoms with Gasteiger partial charge in [0.1, 0.15) is 10.6 Å². The number of ether oxygens (including phenoxy) is 1. The molecule has 0 saturated carbocycles. The molecule has 0 amide bonds. The highest BCUT2D eigenvalue weighted by molar-refractivity contribution is 7.16. The van der Waals surface area contributed by atoms with Crippen molar-refractivity contribution in [3.63, 3.8) is 0 Å². The van der Waals surface area contributed by atoms with Crippen LogP contribution in [0.15, 0.2) is 96.0 Å². The first-order valence-corrected chi connectivity index (χ1v) is 12.4. The molecule has 1 heterocycles. The summed E-state index contributed by atoms with van der Waals surface area (Å²) in [6.07, 6.45) is 2.46. The van der Waals surface area contributed by atoms with Gasteiger partial charge in [0, 0.05) is 24.4 Å². The van der Waals surface area contributed by atoms with Gasteiger partial charge in [0.25, 0.3) is 0 Å². The summed E-state index contributed by atoms with van der Waals surface area (Å²) in [7, 11) is 0. The number of anilines is 2. The van der Waals surface area contributed by atoms with Crippen molar-refractivity contribution in [2.45, 2.75) is 19.3 Å². The summed E-state index contributed by atoms with van der Waals surface area (Å²) in [6, 6.07) is 30.2. The molecule has 6 heteroatoms. The third-order valence-corrected chi connectivity index (χ3v) is 6.67. The zero-order chi connectivity index (χ0) is 24.5. The molecule has 2 N–H and O–H groups in total. The molecule has 0 fully saturated rings. The second-order valence-corrected chi connectivity index (χ2v) is 8.98. The molecular weight excluding hydrogens is 456 g/mol. The molecule has 5 nitrogen and oxygen atoms in total. The Balaban J connectivity index is 1.54. The molecule has 0 unspecified atom stereocenters. The average Bonchev–Trinajstić information content (AvgIpc) is 3.21. The van der Waals surface area contributed by atoms with Crippen LogP contribution in [0.25, 0.3) is 0 Å². The minimum absolute atomic E-state index is 0.00618. The maximum absolute atomic E-state index is 12.5. The predicted octanol–water partition coefficient (Wildman–Crippen LogP) is 7.02. The molecule has 0 aliphatic heterocycles. The van der Waals surface area contributed by atoms with Gasteiger partial charge in [0.05, 0.1) is 11.5 Å². The van der Waals surface area contributed by atoms with E-state index in [-0.39, 0.29) is 18.3 Å². The lowest BCUT2D eigenvalue weighted by atomic mass is 9.89. The smallest absolute Gasteiger partial charge is 0.350 e. The van der Waals surface area contributed by atoms with Crippen LogP contribution >= 0.6 is 11.3 Å². The van der Waals surface area contributed by atoms with Gasteiger partial charge in [-0.2, -0.15) is 0 Å². The number of aromatic hydroxyl groups is 1. The van der Waals surface area contributed by atoms with Crippen LogP contribution in [-0.4, -0.2) is 30.4 Å². The fraction of sp³-hybridized carbons (Fsp3) is 0.172. The molecule has 0 saturated heterocycles. The molecule has 0 aliphatic rings. The van der Waals surface area contributed by atoms with Crippen molar-refractivity contribution in [1.29, 1.82) is 0 Å². The molecule has 178 valence electrons. The van der Waals surface area contributed by atoms with E-state index in [4.69, 9.17) is 4.74 Å². The van der Waals surface area contributed by atoms with E-state index < -0.39 is 5.97 Å². The van der Waals surface area contributed by atoms with E-state index >= 15 is 0 Å². The lowest BCUT2D eigenvalue weighted by molar-refractivity contribution is 0.0533. The summed E-state index contributed by atoms with van der Waals surface area (Å²) < 4.78 is 5.21. The van der Waals surface area contributed by atoms with Crippen molar-refractivity contribution in [3.8, 4) is 5.75 Å². The van der Waals surface area contributed by atoms with E-state index in [1.54, 1.807) is 13.1 Å². The lowest BCUT2D eigenvalue weighted by Gasteiger charge is -2.17. The minimum atomic E-state index is -0.473. The zero-order valence-corrected chi connectivity index (χ0v) is 20.4. The predicted molar refractivity (Wildman–Crippen MR) is 143 cm³/mol. The Hall–Kier alpha value is -3.90. The van der Waals surface area contributed by atoms with Crippen molar-refractivity contribution >= 4 is 34.9 Å². The van der Waals surface area contributed by atoms with Gasteiger partial charge in [0.2, 0.25) is 0 Å². The Morgan fingerprint density at radius 1 is 0.971 bits per heavy atom. The van der Waals surface area contributed by atoms with Gasteiger partial charge >= 0.3 is 5.97 Å². The van der Waals surface area contributed by atoms with Crippen LogP contribution in [0.5, 0.6) is 5.75 Å². The highest BCUT2D eigenvalue weighted by Gasteiger charge is 2.23. The van der Waals surface area contributed by atoms with Gasteiger partial charge in [0.15, 0.2) is 5.75 Å². The Morgan fingerprint density at radius 2 is 1.54 bits per heavy atom. The van der Waals surface area contributed by atoms with Gasteiger partial charge < -0.3 is 15.2 Å². The van der Waals surface area contributed by atoms with Crippen LogP contribution in [0.1, 0.15) is 44.9 Å². The standard InChI is InChI=1S/C29H28N2O3S/c1-2-34-29(33)28-26(31-23-16-10-5-11-17-23)27(32)25(35-28)20-30-19-18-24(21-12-6-3-7-13-21)22-14-8-4-9-15-22/h3-17,20,24,31-32H,2,18-19H2,1H3. The molecule has 4 aromatic rings. The number of carbonyl (C=O) groups is 1. The second-order valence-electron chi connectivity index (χ2n) is 7.93. The number of para-hydroxylation sites is 1. The Kier molecular flexibility index (Phi) is 8.30. The number of nitrogens with one attached hydrogen (secondary N) is 1. The number of carbonyl (C=O) groups excluding carboxylic acids is 1. The van der Waals surface area contributed by atoms with Gasteiger partial charge in [-0.05, 0) is 36.6 Å². The number of hydrogen-bond acceptors (Lipinski definition) is 6. The third kappa shape index (κ3) is 6.16. The topological polar surface area (TPSA) is 70.9 Å². The van der Waals surface area contributed by atoms with Crippen LogP contribution < -0.4 is 5.32 Å². The molecule has 0 aliphatic carbocycles. The van der Waals surface area contributed by atoms with E-state index in [0.717, 1.165) is 12.1 Å². The van der Waals surface area contributed by atoms with Crippen molar-refractivity contribution in [2.24, 2.45) is 4.99 Å². The Labute approximate surface area is 209 Å². The largest absolute Gasteiger partial charge is 0.504 e. The molecular formula is C29H28N2O3S. The number of nitrogens with zero attached hydrogens (tertiary/aromatic N) is 1.